The van der Waals surface area contributed by atoms with Crippen LogP contribution in [0.4, 0.5) is 4.79 Å². The Morgan fingerprint density at radius 3 is 2.59 bits per heavy atom. The molecule has 2 aliphatic rings. The van der Waals surface area contributed by atoms with Gasteiger partial charge in [0.05, 0.1) is 6.10 Å². The van der Waals surface area contributed by atoms with E-state index < -0.39 is 11.7 Å². The zero-order valence-electron chi connectivity index (χ0n) is 14.0. The summed E-state index contributed by atoms with van der Waals surface area (Å²) in [6.45, 7) is 6.33. The van der Waals surface area contributed by atoms with Crippen LogP contribution in [0.15, 0.2) is 0 Å². The molecule has 1 heterocycles. The average Bonchev–Trinajstić information content (AvgIpc) is 2.62. The van der Waals surface area contributed by atoms with Gasteiger partial charge >= 0.3 is 6.09 Å². The molecule has 0 bridgehead atoms. The third kappa shape index (κ3) is 4.45. The molecule has 1 amide bonds. The standard InChI is InChI=1S/C17H29NO4/c1-17(2,3)22-16(21)18-10-9-15(20)13(11-18)12-7-5-4-6-8-14(12)19/h12-14,19H,4-11H2,1-3H3. The molecule has 0 aromatic heterocycles. The van der Waals surface area contributed by atoms with Crippen LogP contribution in [0.5, 0.6) is 0 Å². The minimum Gasteiger partial charge on any atom is -0.444 e. The van der Waals surface area contributed by atoms with Crippen LogP contribution < -0.4 is 0 Å². The number of piperidine rings is 1. The summed E-state index contributed by atoms with van der Waals surface area (Å²) in [6, 6.07) is 0. The van der Waals surface area contributed by atoms with Gasteiger partial charge in [0.15, 0.2) is 0 Å². The highest BCUT2D eigenvalue weighted by Gasteiger charge is 2.39. The van der Waals surface area contributed by atoms with Gasteiger partial charge in [-0.2, -0.15) is 0 Å². The molecule has 0 spiro atoms. The molecular formula is C17H29NO4. The lowest BCUT2D eigenvalue weighted by molar-refractivity contribution is -0.130. The van der Waals surface area contributed by atoms with Crippen LogP contribution in [0.3, 0.4) is 0 Å². The molecule has 1 aliphatic heterocycles. The fourth-order valence-electron chi connectivity index (χ4n) is 3.51. The number of carbonyl (C=O) groups excluding carboxylic acids is 2. The van der Waals surface area contributed by atoms with E-state index in [2.05, 4.69) is 0 Å². The summed E-state index contributed by atoms with van der Waals surface area (Å²) in [4.78, 5) is 26.2. The summed E-state index contributed by atoms with van der Waals surface area (Å²) in [6.07, 6.45) is 4.42. The van der Waals surface area contributed by atoms with Crippen molar-refractivity contribution < 1.29 is 19.4 Å². The SMILES string of the molecule is CC(C)(C)OC(=O)N1CCC(=O)C(C2CCCCCC2O)C1. The van der Waals surface area contributed by atoms with Crippen LogP contribution in [0.1, 0.15) is 59.3 Å². The average molecular weight is 311 g/mol. The van der Waals surface area contributed by atoms with Gasteiger partial charge in [-0.05, 0) is 39.5 Å². The highest BCUT2D eigenvalue weighted by Crippen LogP contribution is 2.33. The van der Waals surface area contributed by atoms with Crippen molar-refractivity contribution in [3.05, 3.63) is 0 Å². The topological polar surface area (TPSA) is 66.8 Å². The van der Waals surface area contributed by atoms with Crippen LogP contribution in [-0.2, 0) is 9.53 Å². The number of Topliss-reactive ketones (excluding diaryl/α,β-unsaturated/α-hetero) is 1. The van der Waals surface area contributed by atoms with E-state index in [4.69, 9.17) is 4.74 Å². The lowest BCUT2D eigenvalue weighted by atomic mass is 9.79. The normalized spacial score (nSPS) is 30.8. The second-order valence-corrected chi connectivity index (χ2v) is 7.62. The van der Waals surface area contributed by atoms with Gasteiger partial charge in [0.25, 0.3) is 0 Å². The Morgan fingerprint density at radius 2 is 1.91 bits per heavy atom. The summed E-state index contributed by atoms with van der Waals surface area (Å²) in [5, 5.41) is 10.3. The molecule has 0 aromatic rings. The van der Waals surface area contributed by atoms with Gasteiger partial charge in [0, 0.05) is 25.4 Å². The number of ketones is 1. The van der Waals surface area contributed by atoms with E-state index in [9.17, 15) is 14.7 Å². The summed E-state index contributed by atoms with van der Waals surface area (Å²) in [5.41, 5.74) is -0.532. The molecule has 2 fully saturated rings. The van der Waals surface area contributed by atoms with Crippen molar-refractivity contribution in [3.8, 4) is 0 Å². The van der Waals surface area contributed by atoms with E-state index in [1.54, 1.807) is 4.90 Å². The van der Waals surface area contributed by atoms with Crippen molar-refractivity contribution in [2.75, 3.05) is 13.1 Å². The van der Waals surface area contributed by atoms with Crippen molar-refractivity contribution >= 4 is 11.9 Å². The number of amides is 1. The maximum Gasteiger partial charge on any atom is 0.410 e. The molecule has 1 aliphatic carbocycles. The second kappa shape index (κ2) is 6.99. The molecule has 3 unspecified atom stereocenters. The number of hydrogen-bond donors (Lipinski definition) is 1. The van der Waals surface area contributed by atoms with Gasteiger partial charge < -0.3 is 14.7 Å². The molecule has 126 valence electrons. The van der Waals surface area contributed by atoms with Gasteiger partial charge in [-0.15, -0.1) is 0 Å². The fraction of sp³-hybridized carbons (Fsp3) is 0.882. The Balaban J connectivity index is 2.04. The molecule has 3 atom stereocenters. The first-order chi connectivity index (χ1) is 10.3. The number of hydrogen-bond acceptors (Lipinski definition) is 4. The summed E-state index contributed by atoms with van der Waals surface area (Å²) in [5.74, 6) is -0.0691. The van der Waals surface area contributed by atoms with Crippen LogP contribution in [0.25, 0.3) is 0 Å². The lowest BCUT2D eigenvalue weighted by Crippen LogP contribution is -2.49. The van der Waals surface area contributed by atoms with Gasteiger partial charge in [-0.1, -0.05) is 19.3 Å². The van der Waals surface area contributed by atoms with Gasteiger partial charge in [-0.25, -0.2) is 4.79 Å². The highest BCUT2D eigenvalue weighted by atomic mass is 16.6. The highest BCUT2D eigenvalue weighted by molar-refractivity contribution is 5.84. The van der Waals surface area contributed by atoms with E-state index in [1.807, 2.05) is 20.8 Å². The van der Waals surface area contributed by atoms with E-state index in [-0.39, 0.29) is 23.7 Å². The Hall–Kier alpha value is -1.10. The minimum atomic E-state index is -0.532. The van der Waals surface area contributed by atoms with Crippen molar-refractivity contribution in [1.82, 2.24) is 4.90 Å². The third-order valence-electron chi connectivity index (χ3n) is 4.66. The molecule has 0 radical (unpaired) electrons. The molecule has 5 nitrogen and oxygen atoms in total. The molecule has 22 heavy (non-hydrogen) atoms. The zero-order chi connectivity index (χ0) is 16.3. The number of rotatable bonds is 1. The summed E-state index contributed by atoms with van der Waals surface area (Å²) >= 11 is 0. The number of likely N-dealkylation sites (tertiary alicyclic amines) is 1. The number of nitrogens with zero attached hydrogens (tertiary/aromatic N) is 1. The fourth-order valence-corrected chi connectivity index (χ4v) is 3.51. The Bertz CT molecular complexity index is 415. The third-order valence-corrected chi connectivity index (χ3v) is 4.66. The van der Waals surface area contributed by atoms with Gasteiger partial charge in [0.1, 0.15) is 11.4 Å². The van der Waals surface area contributed by atoms with E-state index in [0.717, 1.165) is 32.1 Å². The molecule has 1 saturated carbocycles. The van der Waals surface area contributed by atoms with Crippen LogP contribution >= 0.6 is 0 Å². The molecule has 0 aromatic carbocycles. The second-order valence-electron chi connectivity index (χ2n) is 7.62. The molecule has 1 N–H and O–H groups in total. The largest absolute Gasteiger partial charge is 0.444 e. The smallest absolute Gasteiger partial charge is 0.410 e. The number of aliphatic hydroxyl groups is 1. The first kappa shape index (κ1) is 17.3. The first-order valence-corrected chi connectivity index (χ1v) is 8.46. The van der Waals surface area contributed by atoms with Crippen LogP contribution in [0.2, 0.25) is 0 Å². The maximum atomic E-state index is 12.3. The van der Waals surface area contributed by atoms with Crippen molar-refractivity contribution in [2.24, 2.45) is 11.8 Å². The van der Waals surface area contributed by atoms with E-state index in [1.165, 1.54) is 0 Å². The minimum absolute atomic E-state index is 0.0137. The number of aliphatic hydroxyl groups excluding tert-OH is 1. The first-order valence-electron chi connectivity index (χ1n) is 8.46. The molecule has 5 heteroatoms. The Morgan fingerprint density at radius 1 is 1.23 bits per heavy atom. The molecule has 1 saturated heterocycles. The van der Waals surface area contributed by atoms with Gasteiger partial charge in [-0.3, -0.25) is 4.79 Å². The van der Waals surface area contributed by atoms with Crippen LogP contribution in [0, 0.1) is 11.8 Å². The zero-order valence-corrected chi connectivity index (χ0v) is 14.0. The predicted octanol–water partition coefficient (Wildman–Crippen LogP) is 2.75. The van der Waals surface area contributed by atoms with Crippen LogP contribution in [-0.4, -0.2) is 46.7 Å². The quantitative estimate of drug-likeness (QED) is 0.756. The van der Waals surface area contributed by atoms with Crippen molar-refractivity contribution in [1.29, 1.82) is 0 Å². The maximum absolute atomic E-state index is 12.3. The number of carbonyl (C=O) groups is 2. The Labute approximate surface area is 133 Å². The van der Waals surface area contributed by atoms with Gasteiger partial charge in [0.2, 0.25) is 0 Å². The van der Waals surface area contributed by atoms with E-state index in [0.29, 0.717) is 19.5 Å². The Kier molecular flexibility index (Phi) is 5.48. The molecule has 2 rings (SSSR count). The monoisotopic (exact) mass is 311 g/mol. The summed E-state index contributed by atoms with van der Waals surface area (Å²) in [7, 11) is 0. The summed E-state index contributed by atoms with van der Waals surface area (Å²) < 4.78 is 5.41. The predicted molar refractivity (Wildman–Crippen MR) is 83.5 cm³/mol. The lowest BCUT2D eigenvalue weighted by Gasteiger charge is -2.37. The van der Waals surface area contributed by atoms with Crippen molar-refractivity contribution in [3.63, 3.8) is 0 Å². The van der Waals surface area contributed by atoms with E-state index >= 15 is 0 Å². The molecular weight excluding hydrogens is 282 g/mol. The number of ether oxygens (including phenoxy) is 1. The van der Waals surface area contributed by atoms with Crippen molar-refractivity contribution in [2.45, 2.75) is 71.0 Å².